The maximum Gasteiger partial charge on any atom is 0.349 e. The van der Waals surface area contributed by atoms with Gasteiger partial charge in [0.05, 0.1) is 6.54 Å². The molecule has 2 rings (SSSR count). The molecule has 1 unspecified atom stereocenters. The SMILES string of the molecule is CNN1CCN2CCCC(C(C)=O)N2C1=O. The molecule has 90 valence electrons. The molecule has 0 aromatic carbocycles. The second kappa shape index (κ2) is 4.39. The summed E-state index contributed by atoms with van der Waals surface area (Å²) in [5.41, 5.74) is 2.85. The molecule has 0 bridgehead atoms. The van der Waals surface area contributed by atoms with Gasteiger partial charge in [-0.05, 0) is 19.8 Å². The fourth-order valence-corrected chi connectivity index (χ4v) is 2.39. The molecule has 2 fully saturated rings. The summed E-state index contributed by atoms with van der Waals surface area (Å²) < 4.78 is 0. The predicted octanol–water partition coefficient (Wildman–Crippen LogP) is -0.173. The molecular weight excluding hydrogens is 208 g/mol. The maximum absolute atomic E-state index is 12.1. The van der Waals surface area contributed by atoms with E-state index in [1.54, 1.807) is 24.0 Å². The van der Waals surface area contributed by atoms with Crippen LogP contribution in [0.4, 0.5) is 4.79 Å². The van der Waals surface area contributed by atoms with E-state index in [1.807, 2.05) is 5.01 Å². The topological polar surface area (TPSA) is 55.9 Å². The highest BCUT2D eigenvalue weighted by molar-refractivity contribution is 5.87. The van der Waals surface area contributed by atoms with Gasteiger partial charge < -0.3 is 0 Å². The molecule has 0 spiro atoms. The second-order valence-corrected chi connectivity index (χ2v) is 4.22. The van der Waals surface area contributed by atoms with E-state index < -0.39 is 0 Å². The molecule has 2 amide bonds. The van der Waals surface area contributed by atoms with E-state index in [4.69, 9.17) is 0 Å². The second-order valence-electron chi connectivity index (χ2n) is 4.22. The molecule has 1 N–H and O–H groups in total. The van der Waals surface area contributed by atoms with Gasteiger partial charge in [-0.1, -0.05) is 0 Å². The molecule has 0 saturated carbocycles. The molecule has 2 aliphatic rings. The van der Waals surface area contributed by atoms with Gasteiger partial charge >= 0.3 is 6.03 Å². The first-order chi connectivity index (χ1) is 7.65. The van der Waals surface area contributed by atoms with Crippen LogP contribution in [0.2, 0.25) is 0 Å². The predicted molar refractivity (Wildman–Crippen MR) is 58.3 cm³/mol. The molecule has 6 heteroatoms. The van der Waals surface area contributed by atoms with Crippen LogP contribution in [-0.4, -0.2) is 59.6 Å². The Balaban J connectivity index is 2.20. The number of ketones is 1. The van der Waals surface area contributed by atoms with Crippen molar-refractivity contribution in [3.05, 3.63) is 0 Å². The Kier molecular flexibility index (Phi) is 3.11. The van der Waals surface area contributed by atoms with E-state index in [9.17, 15) is 9.59 Å². The Labute approximate surface area is 95.1 Å². The van der Waals surface area contributed by atoms with Crippen molar-refractivity contribution in [2.45, 2.75) is 25.8 Å². The zero-order chi connectivity index (χ0) is 11.7. The van der Waals surface area contributed by atoms with Crippen LogP contribution < -0.4 is 5.43 Å². The number of hydrogen-bond acceptors (Lipinski definition) is 4. The van der Waals surface area contributed by atoms with Crippen LogP contribution in [0.3, 0.4) is 0 Å². The van der Waals surface area contributed by atoms with Gasteiger partial charge in [-0.2, -0.15) is 0 Å². The van der Waals surface area contributed by atoms with E-state index in [0.717, 1.165) is 25.9 Å². The van der Waals surface area contributed by atoms with E-state index in [-0.39, 0.29) is 17.9 Å². The summed E-state index contributed by atoms with van der Waals surface area (Å²) in [5, 5.41) is 5.16. The maximum atomic E-state index is 12.1. The molecule has 6 nitrogen and oxygen atoms in total. The first-order valence-electron chi connectivity index (χ1n) is 5.68. The van der Waals surface area contributed by atoms with Crippen molar-refractivity contribution in [3.63, 3.8) is 0 Å². The number of carbonyl (C=O) groups excluding carboxylic acids is 2. The molecule has 2 heterocycles. The lowest BCUT2D eigenvalue weighted by Gasteiger charge is -2.48. The molecule has 16 heavy (non-hydrogen) atoms. The summed E-state index contributed by atoms with van der Waals surface area (Å²) in [4.78, 5) is 23.6. The van der Waals surface area contributed by atoms with E-state index >= 15 is 0 Å². The lowest BCUT2D eigenvalue weighted by Crippen LogP contribution is -2.68. The van der Waals surface area contributed by atoms with Crippen LogP contribution in [0.5, 0.6) is 0 Å². The summed E-state index contributed by atoms with van der Waals surface area (Å²) in [6.07, 6.45) is 1.75. The van der Waals surface area contributed by atoms with Crippen molar-refractivity contribution < 1.29 is 9.59 Å². The Bertz CT molecular complexity index is 307. The largest absolute Gasteiger partial charge is 0.349 e. The van der Waals surface area contributed by atoms with Crippen molar-refractivity contribution in [1.82, 2.24) is 20.5 Å². The fraction of sp³-hybridized carbons (Fsp3) is 0.800. The van der Waals surface area contributed by atoms with Gasteiger partial charge in [0.2, 0.25) is 0 Å². The fourth-order valence-electron chi connectivity index (χ4n) is 2.39. The van der Waals surface area contributed by atoms with E-state index in [0.29, 0.717) is 6.54 Å². The lowest BCUT2D eigenvalue weighted by molar-refractivity contribution is -0.138. The standard InChI is InChI=1S/C10H18N4O2/c1-8(15)9-4-3-5-12-6-7-13(11-2)10(16)14(9)12/h9,11H,3-7H2,1-2H3. The summed E-state index contributed by atoms with van der Waals surface area (Å²) in [5.74, 6) is 0.0657. The normalized spacial score (nSPS) is 26.9. The molecule has 0 aliphatic carbocycles. The highest BCUT2D eigenvalue weighted by Crippen LogP contribution is 2.22. The van der Waals surface area contributed by atoms with Crippen molar-refractivity contribution in [2.24, 2.45) is 0 Å². The Morgan fingerprint density at radius 3 is 2.75 bits per heavy atom. The summed E-state index contributed by atoms with van der Waals surface area (Å²) in [6.45, 7) is 3.87. The molecular formula is C10H18N4O2. The molecule has 0 aromatic rings. The van der Waals surface area contributed by atoms with Gasteiger partial charge in [0.1, 0.15) is 6.04 Å². The van der Waals surface area contributed by atoms with Gasteiger partial charge in [0, 0.05) is 20.1 Å². The molecule has 1 atom stereocenters. The third-order valence-corrected chi connectivity index (χ3v) is 3.24. The van der Waals surface area contributed by atoms with Gasteiger partial charge in [-0.3, -0.25) is 9.80 Å². The Morgan fingerprint density at radius 2 is 2.12 bits per heavy atom. The number of Topliss-reactive ketones (excluding diaryl/α,β-unsaturated/α-hetero) is 1. The van der Waals surface area contributed by atoms with Gasteiger partial charge in [0.15, 0.2) is 5.78 Å². The van der Waals surface area contributed by atoms with Gasteiger partial charge in [-0.25, -0.2) is 20.2 Å². The Hall–Kier alpha value is -1.14. The van der Waals surface area contributed by atoms with Crippen LogP contribution >= 0.6 is 0 Å². The van der Waals surface area contributed by atoms with Gasteiger partial charge in [-0.15, -0.1) is 0 Å². The smallest absolute Gasteiger partial charge is 0.298 e. The zero-order valence-corrected chi connectivity index (χ0v) is 9.77. The third kappa shape index (κ3) is 1.78. The minimum Gasteiger partial charge on any atom is -0.298 e. The highest BCUT2D eigenvalue weighted by atomic mass is 16.2. The number of hydrazine groups is 2. The number of nitrogens with one attached hydrogen (secondary N) is 1. The number of hydrogen-bond donors (Lipinski definition) is 1. The number of amides is 2. The summed E-state index contributed by atoms with van der Waals surface area (Å²) >= 11 is 0. The number of rotatable bonds is 2. The number of nitrogens with zero attached hydrogens (tertiary/aromatic N) is 3. The average molecular weight is 226 g/mol. The van der Waals surface area contributed by atoms with Crippen LogP contribution in [0.1, 0.15) is 19.8 Å². The summed E-state index contributed by atoms with van der Waals surface area (Å²) in [7, 11) is 1.72. The number of fused-ring (bicyclic) bond motifs is 1. The molecule has 2 saturated heterocycles. The molecule has 2 aliphatic heterocycles. The zero-order valence-electron chi connectivity index (χ0n) is 9.77. The summed E-state index contributed by atoms with van der Waals surface area (Å²) in [6, 6.07) is -0.397. The van der Waals surface area contributed by atoms with Crippen molar-refractivity contribution >= 4 is 11.8 Å². The first-order valence-corrected chi connectivity index (χ1v) is 5.68. The third-order valence-electron chi connectivity index (χ3n) is 3.24. The monoisotopic (exact) mass is 226 g/mol. The first kappa shape index (κ1) is 11.3. The van der Waals surface area contributed by atoms with Crippen molar-refractivity contribution in [3.8, 4) is 0 Å². The lowest BCUT2D eigenvalue weighted by atomic mass is 10.0. The average Bonchev–Trinajstić information content (AvgIpc) is 2.29. The molecule has 0 aromatic heterocycles. The van der Waals surface area contributed by atoms with Crippen LogP contribution in [-0.2, 0) is 4.79 Å². The number of carbonyl (C=O) groups is 2. The number of urea groups is 1. The minimum atomic E-state index is -0.280. The molecule has 0 radical (unpaired) electrons. The van der Waals surface area contributed by atoms with Crippen molar-refractivity contribution in [2.75, 3.05) is 26.7 Å². The van der Waals surface area contributed by atoms with Crippen LogP contribution in [0.25, 0.3) is 0 Å². The van der Waals surface area contributed by atoms with Gasteiger partial charge in [0.25, 0.3) is 0 Å². The highest BCUT2D eigenvalue weighted by Gasteiger charge is 2.40. The quantitative estimate of drug-likeness (QED) is 0.710. The van der Waals surface area contributed by atoms with E-state index in [1.165, 1.54) is 0 Å². The van der Waals surface area contributed by atoms with Crippen LogP contribution in [0, 0.1) is 0 Å². The minimum absolute atomic E-state index is 0.0657. The van der Waals surface area contributed by atoms with Crippen LogP contribution in [0.15, 0.2) is 0 Å². The van der Waals surface area contributed by atoms with E-state index in [2.05, 4.69) is 5.43 Å². The Morgan fingerprint density at radius 1 is 1.38 bits per heavy atom. The van der Waals surface area contributed by atoms with Crippen molar-refractivity contribution in [1.29, 1.82) is 0 Å².